The molecule has 0 saturated carbocycles. The Kier molecular flexibility index (Phi) is 4.77. The molecule has 2 rings (SSSR count). The van der Waals surface area contributed by atoms with E-state index in [0.717, 1.165) is 0 Å². The van der Waals surface area contributed by atoms with Crippen LogP contribution in [0.5, 0.6) is 0 Å². The Morgan fingerprint density at radius 2 is 2.18 bits per heavy atom. The topological polar surface area (TPSA) is 97.5 Å². The highest BCUT2D eigenvalue weighted by Crippen LogP contribution is 2.13. The van der Waals surface area contributed by atoms with E-state index in [-0.39, 0.29) is 11.3 Å². The SMILES string of the molecule is CC(C)(C)OCc1cc(CNc2cccc(C(=O)O)n2)no1. The first-order valence-corrected chi connectivity index (χ1v) is 6.86. The van der Waals surface area contributed by atoms with Crippen LogP contribution in [0.15, 0.2) is 28.8 Å². The third-order valence-corrected chi connectivity index (χ3v) is 2.67. The van der Waals surface area contributed by atoms with E-state index in [1.807, 2.05) is 20.8 Å². The van der Waals surface area contributed by atoms with Gasteiger partial charge in [0.05, 0.1) is 12.1 Å². The number of anilines is 1. The zero-order valence-electron chi connectivity index (χ0n) is 12.8. The van der Waals surface area contributed by atoms with Crippen LogP contribution in [0.1, 0.15) is 42.7 Å². The van der Waals surface area contributed by atoms with Gasteiger partial charge in [0.2, 0.25) is 0 Å². The van der Waals surface area contributed by atoms with E-state index in [4.69, 9.17) is 14.4 Å². The van der Waals surface area contributed by atoms with E-state index in [9.17, 15) is 4.79 Å². The van der Waals surface area contributed by atoms with Crippen molar-refractivity contribution in [2.75, 3.05) is 5.32 Å². The van der Waals surface area contributed by atoms with Crippen molar-refractivity contribution >= 4 is 11.8 Å². The molecular weight excluding hydrogens is 286 g/mol. The van der Waals surface area contributed by atoms with E-state index in [1.165, 1.54) is 6.07 Å². The van der Waals surface area contributed by atoms with Crippen LogP contribution in [-0.2, 0) is 17.9 Å². The van der Waals surface area contributed by atoms with E-state index < -0.39 is 5.97 Å². The van der Waals surface area contributed by atoms with Crippen LogP contribution in [0.25, 0.3) is 0 Å². The predicted octanol–water partition coefficient (Wildman–Crippen LogP) is 2.70. The highest BCUT2D eigenvalue weighted by Gasteiger charge is 2.13. The van der Waals surface area contributed by atoms with Crippen LogP contribution in [0, 0.1) is 0 Å². The van der Waals surface area contributed by atoms with Crippen molar-refractivity contribution in [2.45, 2.75) is 39.5 Å². The Morgan fingerprint density at radius 3 is 2.86 bits per heavy atom. The zero-order chi connectivity index (χ0) is 16.2. The lowest BCUT2D eigenvalue weighted by Gasteiger charge is -2.17. The van der Waals surface area contributed by atoms with Gasteiger partial charge in [-0.2, -0.15) is 0 Å². The van der Waals surface area contributed by atoms with Crippen molar-refractivity contribution in [2.24, 2.45) is 0 Å². The van der Waals surface area contributed by atoms with Gasteiger partial charge in [-0.25, -0.2) is 9.78 Å². The van der Waals surface area contributed by atoms with Crippen LogP contribution in [-0.4, -0.2) is 26.8 Å². The van der Waals surface area contributed by atoms with E-state index >= 15 is 0 Å². The van der Waals surface area contributed by atoms with Crippen molar-refractivity contribution in [1.82, 2.24) is 10.1 Å². The number of ether oxygens (including phenoxy) is 1. The van der Waals surface area contributed by atoms with E-state index in [1.54, 1.807) is 18.2 Å². The quantitative estimate of drug-likeness (QED) is 0.846. The molecule has 0 aliphatic heterocycles. The minimum absolute atomic E-state index is 0.00980. The summed E-state index contributed by atoms with van der Waals surface area (Å²) in [6.07, 6.45) is 0. The zero-order valence-corrected chi connectivity index (χ0v) is 12.8. The first-order valence-electron chi connectivity index (χ1n) is 6.86. The maximum Gasteiger partial charge on any atom is 0.354 e. The van der Waals surface area contributed by atoms with Crippen LogP contribution < -0.4 is 5.32 Å². The molecule has 0 aliphatic rings. The molecule has 7 heteroatoms. The second kappa shape index (κ2) is 6.57. The summed E-state index contributed by atoms with van der Waals surface area (Å²) < 4.78 is 10.8. The molecule has 0 amide bonds. The average molecular weight is 305 g/mol. The molecule has 2 aromatic heterocycles. The molecule has 0 aliphatic carbocycles. The van der Waals surface area contributed by atoms with Gasteiger partial charge >= 0.3 is 5.97 Å². The minimum Gasteiger partial charge on any atom is -0.477 e. The fourth-order valence-electron chi connectivity index (χ4n) is 1.63. The predicted molar refractivity (Wildman–Crippen MR) is 79.6 cm³/mol. The molecule has 22 heavy (non-hydrogen) atoms. The molecule has 0 radical (unpaired) electrons. The van der Waals surface area contributed by atoms with Gasteiger partial charge in [-0.15, -0.1) is 0 Å². The number of nitrogens with zero attached hydrogens (tertiary/aromatic N) is 2. The van der Waals surface area contributed by atoms with Crippen molar-refractivity contribution in [3.05, 3.63) is 41.4 Å². The third kappa shape index (κ3) is 4.85. The van der Waals surface area contributed by atoms with Gasteiger partial charge in [0.1, 0.15) is 18.1 Å². The van der Waals surface area contributed by atoms with Crippen molar-refractivity contribution < 1.29 is 19.2 Å². The second-order valence-electron chi connectivity index (χ2n) is 5.75. The summed E-state index contributed by atoms with van der Waals surface area (Å²) in [6, 6.07) is 6.55. The van der Waals surface area contributed by atoms with Crippen LogP contribution in [0.4, 0.5) is 5.82 Å². The molecule has 0 saturated heterocycles. The highest BCUT2D eigenvalue weighted by atomic mass is 16.5. The van der Waals surface area contributed by atoms with Crippen LogP contribution >= 0.6 is 0 Å². The van der Waals surface area contributed by atoms with Gasteiger partial charge in [0.25, 0.3) is 0 Å². The van der Waals surface area contributed by atoms with Gasteiger partial charge in [0, 0.05) is 6.07 Å². The van der Waals surface area contributed by atoms with Gasteiger partial charge in [0.15, 0.2) is 11.5 Å². The first-order chi connectivity index (χ1) is 10.3. The highest BCUT2D eigenvalue weighted by molar-refractivity contribution is 5.85. The Labute approximate surface area is 128 Å². The first kappa shape index (κ1) is 16.0. The maximum absolute atomic E-state index is 10.9. The molecule has 2 aromatic rings. The Morgan fingerprint density at radius 1 is 1.41 bits per heavy atom. The molecule has 0 unspecified atom stereocenters. The number of rotatable bonds is 6. The number of hydrogen-bond acceptors (Lipinski definition) is 6. The molecule has 0 spiro atoms. The summed E-state index contributed by atoms with van der Waals surface area (Å²) >= 11 is 0. The lowest BCUT2D eigenvalue weighted by atomic mass is 10.2. The van der Waals surface area contributed by atoms with Crippen molar-refractivity contribution in [3.63, 3.8) is 0 Å². The monoisotopic (exact) mass is 305 g/mol. The Balaban J connectivity index is 1.91. The number of carboxylic acids is 1. The molecule has 0 fully saturated rings. The number of aromatic nitrogens is 2. The summed E-state index contributed by atoms with van der Waals surface area (Å²) in [6.45, 7) is 6.63. The molecular formula is C15H19N3O4. The fraction of sp³-hybridized carbons (Fsp3) is 0.400. The van der Waals surface area contributed by atoms with Gasteiger partial charge in [-0.05, 0) is 32.9 Å². The molecule has 118 valence electrons. The summed E-state index contributed by atoms with van der Waals surface area (Å²) in [5, 5.41) is 15.8. The van der Waals surface area contributed by atoms with E-state index in [0.29, 0.717) is 30.4 Å². The fourth-order valence-corrected chi connectivity index (χ4v) is 1.63. The van der Waals surface area contributed by atoms with Crippen molar-refractivity contribution in [3.8, 4) is 0 Å². The minimum atomic E-state index is -1.06. The second-order valence-corrected chi connectivity index (χ2v) is 5.75. The summed E-state index contributed by atoms with van der Waals surface area (Å²) in [5.74, 6) is 0.0427. The number of pyridine rings is 1. The number of carbonyl (C=O) groups is 1. The Hall–Kier alpha value is -2.41. The standard InChI is InChI=1S/C15H19N3O4/c1-15(2,3)21-9-11-7-10(18-22-11)8-16-13-6-4-5-12(17-13)14(19)20/h4-7H,8-9H2,1-3H3,(H,16,17)(H,19,20). The largest absolute Gasteiger partial charge is 0.477 e. The van der Waals surface area contributed by atoms with Crippen LogP contribution in [0.3, 0.4) is 0 Å². The lowest BCUT2D eigenvalue weighted by Crippen LogP contribution is -2.18. The molecule has 7 nitrogen and oxygen atoms in total. The average Bonchev–Trinajstić information content (AvgIpc) is 2.90. The Bertz CT molecular complexity index is 646. The van der Waals surface area contributed by atoms with Crippen molar-refractivity contribution in [1.29, 1.82) is 0 Å². The lowest BCUT2D eigenvalue weighted by molar-refractivity contribution is -0.0241. The van der Waals surface area contributed by atoms with Crippen LogP contribution in [0.2, 0.25) is 0 Å². The summed E-state index contributed by atoms with van der Waals surface area (Å²) in [5.41, 5.74) is 0.436. The normalized spacial score (nSPS) is 11.4. The molecule has 0 bridgehead atoms. The molecule has 2 heterocycles. The maximum atomic E-state index is 10.9. The molecule has 0 aromatic carbocycles. The summed E-state index contributed by atoms with van der Waals surface area (Å²) in [7, 11) is 0. The van der Waals surface area contributed by atoms with Gasteiger partial charge in [-0.3, -0.25) is 0 Å². The number of hydrogen-bond donors (Lipinski definition) is 2. The number of carboxylic acid groups (broad SMARTS) is 1. The third-order valence-electron chi connectivity index (χ3n) is 2.67. The van der Waals surface area contributed by atoms with Gasteiger partial charge < -0.3 is 19.7 Å². The molecule has 0 atom stereocenters. The summed E-state index contributed by atoms with van der Waals surface area (Å²) in [4.78, 5) is 14.8. The number of nitrogens with one attached hydrogen (secondary N) is 1. The smallest absolute Gasteiger partial charge is 0.354 e. The van der Waals surface area contributed by atoms with Gasteiger partial charge in [-0.1, -0.05) is 11.2 Å². The molecule has 2 N–H and O–H groups in total. The number of aromatic carboxylic acids is 1. The van der Waals surface area contributed by atoms with E-state index in [2.05, 4.69) is 15.5 Å².